The van der Waals surface area contributed by atoms with E-state index in [1.165, 1.54) is 23.1 Å². The van der Waals surface area contributed by atoms with E-state index in [2.05, 4.69) is 9.98 Å². The molecule has 9 heteroatoms. The minimum atomic E-state index is -4.64. The van der Waals surface area contributed by atoms with Crippen LogP contribution in [0.2, 0.25) is 5.02 Å². The van der Waals surface area contributed by atoms with E-state index >= 15 is 0 Å². The van der Waals surface area contributed by atoms with E-state index in [4.69, 9.17) is 11.6 Å². The SMILES string of the molecule is O=C(c1cccc(C(F)(F)F)c1Cl)N1CCC2=C(CN=C2c2ccc(F)cn2)C1. The van der Waals surface area contributed by atoms with E-state index in [1.807, 2.05) is 0 Å². The molecule has 0 saturated heterocycles. The van der Waals surface area contributed by atoms with Crippen LogP contribution in [0.3, 0.4) is 0 Å². The number of nitrogens with zero attached hydrogens (tertiary/aromatic N) is 3. The summed E-state index contributed by atoms with van der Waals surface area (Å²) in [5, 5.41) is -0.594. The largest absolute Gasteiger partial charge is 0.417 e. The van der Waals surface area contributed by atoms with Crippen molar-refractivity contribution >= 4 is 23.2 Å². The zero-order valence-corrected chi connectivity index (χ0v) is 15.7. The van der Waals surface area contributed by atoms with E-state index in [1.54, 1.807) is 6.07 Å². The third-order valence-electron chi connectivity index (χ3n) is 4.95. The number of pyridine rings is 1. The van der Waals surface area contributed by atoms with Gasteiger partial charge < -0.3 is 4.90 Å². The summed E-state index contributed by atoms with van der Waals surface area (Å²) in [7, 11) is 0. The van der Waals surface area contributed by atoms with Gasteiger partial charge in [0.1, 0.15) is 5.82 Å². The van der Waals surface area contributed by atoms with Gasteiger partial charge >= 0.3 is 6.18 Å². The standard InChI is InChI=1S/C20H14ClF4N3O/c21-17-14(2-1-3-15(17)20(23,24)25)19(29)28-7-6-13-11(10-28)8-27-18(13)16-5-4-12(22)9-26-16/h1-5,9H,6-8,10H2. The predicted molar refractivity (Wildman–Crippen MR) is 99.6 cm³/mol. The Labute approximate surface area is 168 Å². The molecule has 2 aromatic rings. The summed E-state index contributed by atoms with van der Waals surface area (Å²) in [6.07, 6.45) is -3.04. The first-order valence-corrected chi connectivity index (χ1v) is 9.16. The van der Waals surface area contributed by atoms with Crippen molar-refractivity contribution in [3.8, 4) is 0 Å². The summed E-state index contributed by atoms with van der Waals surface area (Å²) in [4.78, 5) is 22.8. The minimum absolute atomic E-state index is 0.176. The molecule has 2 aliphatic rings. The fourth-order valence-electron chi connectivity index (χ4n) is 3.54. The van der Waals surface area contributed by atoms with Crippen molar-refractivity contribution in [2.75, 3.05) is 19.6 Å². The Bertz CT molecular complexity index is 1040. The second-order valence-electron chi connectivity index (χ2n) is 6.75. The molecule has 0 N–H and O–H groups in total. The molecule has 0 aliphatic carbocycles. The molecule has 1 aromatic carbocycles. The monoisotopic (exact) mass is 423 g/mol. The molecular weight excluding hydrogens is 410 g/mol. The van der Waals surface area contributed by atoms with Crippen LogP contribution in [-0.2, 0) is 6.18 Å². The van der Waals surface area contributed by atoms with Gasteiger partial charge in [0.2, 0.25) is 0 Å². The number of hydrogen-bond donors (Lipinski definition) is 0. The van der Waals surface area contributed by atoms with Crippen LogP contribution < -0.4 is 0 Å². The van der Waals surface area contributed by atoms with Crippen LogP contribution in [0, 0.1) is 5.82 Å². The molecule has 3 heterocycles. The van der Waals surface area contributed by atoms with Crippen molar-refractivity contribution in [1.82, 2.24) is 9.88 Å². The Balaban J connectivity index is 1.56. The van der Waals surface area contributed by atoms with E-state index in [-0.39, 0.29) is 12.1 Å². The van der Waals surface area contributed by atoms with Crippen LogP contribution in [-0.4, -0.2) is 41.1 Å². The fourth-order valence-corrected chi connectivity index (χ4v) is 3.85. The van der Waals surface area contributed by atoms with E-state index in [0.717, 1.165) is 23.4 Å². The number of amides is 1. The van der Waals surface area contributed by atoms with E-state index in [9.17, 15) is 22.4 Å². The van der Waals surface area contributed by atoms with E-state index < -0.39 is 28.5 Å². The molecule has 29 heavy (non-hydrogen) atoms. The first-order valence-electron chi connectivity index (χ1n) is 8.78. The smallest absolute Gasteiger partial charge is 0.334 e. The molecule has 1 amide bonds. The average molecular weight is 424 g/mol. The molecular formula is C20H14ClF4N3O. The summed E-state index contributed by atoms with van der Waals surface area (Å²) < 4.78 is 52.3. The third-order valence-corrected chi connectivity index (χ3v) is 5.35. The maximum Gasteiger partial charge on any atom is 0.417 e. The molecule has 4 nitrogen and oxygen atoms in total. The van der Waals surface area contributed by atoms with Crippen molar-refractivity contribution in [3.63, 3.8) is 0 Å². The lowest BCUT2D eigenvalue weighted by Crippen LogP contribution is -2.38. The van der Waals surface area contributed by atoms with Gasteiger partial charge in [-0.15, -0.1) is 0 Å². The molecule has 0 radical (unpaired) electrons. The Kier molecular flexibility index (Phi) is 4.90. The quantitative estimate of drug-likeness (QED) is 0.666. The van der Waals surface area contributed by atoms with Gasteiger partial charge in [-0.1, -0.05) is 17.7 Å². The highest BCUT2D eigenvalue weighted by Gasteiger charge is 2.36. The van der Waals surface area contributed by atoms with Crippen LogP contribution in [0.25, 0.3) is 0 Å². The number of aromatic nitrogens is 1. The molecule has 2 aliphatic heterocycles. The first-order chi connectivity index (χ1) is 13.8. The normalized spacial score (nSPS) is 16.7. The van der Waals surface area contributed by atoms with Gasteiger partial charge in [-0.05, 0) is 41.8 Å². The number of carbonyl (C=O) groups is 1. The molecule has 0 fully saturated rings. The lowest BCUT2D eigenvalue weighted by atomic mass is 9.96. The number of benzene rings is 1. The maximum atomic E-state index is 13.1. The topological polar surface area (TPSA) is 45.6 Å². The van der Waals surface area contributed by atoms with Gasteiger partial charge in [0.05, 0.1) is 40.3 Å². The van der Waals surface area contributed by atoms with Crippen molar-refractivity contribution in [2.24, 2.45) is 4.99 Å². The van der Waals surface area contributed by atoms with Crippen molar-refractivity contribution in [2.45, 2.75) is 12.6 Å². The number of halogens is 5. The lowest BCUT2D eigenvalue weighted by Gasteiger charge is -2.29. The predicted octanol–water partition coefficient (Wildman–Crippen LogP) is 4.54. The molecule has 0 unspecified atom stereocenters. The zero-order chi connectivity index (χ0) is 20.8. The van der Waals surface area contributed by atoms with Crippen molar-refractivity contribution < 1.29 is 22.4 Å². The highest BCUT2D eigenvalue weighted by Crippen LogP contribution is 2.37. The lowest BCUT2D eigenvalue weighted by molar-refractivity contribution is -0.137. The van der Waals surface area contributed by atoms with Gasteiger partial charge in [0.15, 0.2) is 0 Å². The van der Waals surface area contributed by atoms with E-state index in [0.29, 0.717) is 30.9 Å². The second kappa shape index (κ2) is 7.26. The van der Waals surface area contributed by atoms with Crippen LogP contribution in [0.1, 0.15) is 28.0 Å². The molecule has 0 atom stereocenters. The Morgan fingerprint density at radius 2 is 1.97 bits per heavy atom. The number of hydrogen-bond acceptors (Lipinski definition) is 3. The molecule has 1 aromatic heterocycles. The third kappa shape index (κ3) is 3.64. The van der Waals surface area contributed by atoms with Crippen LogP contribution in [0.4, 0.5) is 17.6 Å². The van der Waals surface area contributed by atoms with Gasteiger partial charge in [-0.25, -0.2) is 4.39 Å². The summed E-state index contributed by atoms with van der Waals surface area (Å²) in [5.41, 5.74) is 1.86. The molecule has 150 valence electrons. The minimum Gasteiger partial charge on any atom is -0.334 e. The van der Waals surface area contributed by atoms with Gasteiger partial charge in [0, 0.05) is 13.1 Å². The second-order valence-corrected chi connectivity index (χ2v) is 7.13. The first kappa shape index (κ1) is 19.6. The Hall–Kier alpha value is -2.74. The Morgan fingerprint density at radius 1 is 1.17 bits per heavy atom. The summed E-state index contributed by atoms with van der Waals surface area (Å²) in [6.45, 7) is 0.920. The van der Waals surface area contributed by atoms with Gasteiger partial charge in [-0.3, -0.25) is 14.8 Å². The van der Waals surface area contributed by atoms with Crippen LogP contribution in [0.5, 0.6) is 0 Å². The molecule has 0 spiro atoms. The summed E-state index contributed by atoms with van der Waals surface area (Å²) in [6, 6.07) is 6.17. The fraction of sp³-hybridized carbons (Fsp3) is 0.250. The zero-order valence-electron chi connectivity index (χ0n) is 14.9. The number of carbonyl (C=O) groups excluding carboxylic acids is 1. The highest BCUT2D eigenvalue weighted by molar-refractivity contribution is 6.34. The summed E-state index contributed by atoms with van der Waals surface area (Å²) in [5.74, 6) is -0.999. The Morgan fingerprint density at radius 3 is 2.66 bits per heavy atom. The van der Waals surface area contributed by atoms with Crippen LogP contribution in [0.15, 0.2) is 52.7 Å². The van der Waals surface area contributed by atoms with Crippen LogP contribution >= 0.6 is 11.6 Å². The number of aliphatic imine (C=N–C) groups is 1. The summed E-state index contributed by atoms with van der Waals surface area (Å²) >= 11 is 5.89. The highest BCUT2D eigenvalue weighted by atomic mass is 35.5. The van der Waals surface area contributed by atoms with Crippen molar-refractivity contribution in [1.29, 1.82) is 0 Å². The van der Waals surface area contributed by atoms with Gasteiger partial charge in [0.25, 0.3) is 5.91 Å². The maximum absolute atomic E-state index is 13.1. The van der Waals surface area contributed by atoms with Crippen molar-refractivity contribution in [3.05, 3.63) is 75.3 Å². The number of alkyl halides is 3. The number of rotatable bonds is 2. The van der Waals surface area contributed by atoms with Gasteiger partial charge in [-0.2, -0.15) is 13.2 Å². The molecule has 4 rings (SSSR count). The average Bonchev–Trinajstić information content (AvgIpc) is 3.10. The molecule has 0 bridgehead atoms. The molecule has 0 saturated carbocycles.